The molecule has 1 aromatic rings. The zero-order chi connectivity index (χ0) is 9.52. The number of aryl methyl sites for hydroxylation is 2. The van der Waals surface area contributed by atoms with Crippen LogP contribution in [0.15, 0.2) is 16.5 Å². The van der Waals surface area contributed by atoms with E-state index in [-0.39, 0.29) is 0 Å². The maximum Gasteiger partial charge on any atom is 0.104 e. The van der Waals surface area contributed by atoms with Gasteiger partial charge in [0.15, 0.2) is 0 Å². The van der Waals surface area contributed by atoms with Crippen LogP contribution in [0.2, 0.25) is 0 Å². The molecular weight excluding hydrogens is 160 g/mol. The van der Waals surface area contributed by atoms with Crippen LogP contribution < -0.4 is 0 Å². The molecule has 0 unspecified atom stereocenters. The molecule has 1 rings (SSSR count). The van der Waals surface area contributed by atoms with Crippen LogP contribution in [0.5, 0.6) is 0 Å². The largest absolute Gasteiger partial charge is 0.466 e. The maximum absolute atomic E-state index is 5.67. The first kappa shape index (κ1) is 10.4. The minimum atomic E-state index is 1.08. The van der Waals surface area contributed by atoms with Gasteiger partial charge in [0.05, 0.1) is 0 Å². The molecular formula is C12H20O. The fourth-order valence-electron chi connectivity index (χ4n) is 1.49. The molecule has 1 heterocycles. The molecule has 0 radical (unpaired) electrons. The first-order valence-electron chi connectivity index (χ1n) is 5.44. The molecule has 13 heavy (non-hydrogen) atoms. The Morgan fingerprint density at radius 2 is 1.62 bits per heavy atom. The lowest BCUT2D eigenvalue weighted by Gasteiger charge is -1.95. The number of unbranched alkanes of at least 4 members (excludes halogenated alkanes) is 2. The number of hydrogen-bond acceptors (Lipinski definition) is 1. The second-order valence-corrected chi connectivity index (χ2v) is 3.58. The smallest absolute Gasteiger partial charge is 0.104 e. The van der Waals surface area contributed by atoms with Crippen LogP contribution in [-0.4, -0.2) is 0 Å². The lowest BCUT2D eigenvalue weighted by Crippen LogP contribution is -1.81. The summed E-state index contributed by atoms with van der Waals surface area (Å²) in [5.74, 6) is 2.31. The number of rotatable bonds is 6. The monoisotopic (exact) mass is 180 g/mol. The van der Waals surface area contributed by atoms with Gasteiger partial charge < -0.3 is 4.42 Å². The Morgan fingerprint density at radius 3 is 2.23 bits per heavy atom. The summed E-state index contributed by atoms with van der Waals surface area (Å²) in [5, 5.41) is 0. The first-order valence-corrected chi connectivity index (χ1v) is 5.44. The molecule has 0 aromatic carbocycles. The molecule has 0 amide bonds. The molecule has 1 aromatic heterocycles. The summed E-state index contributed by atoms with van der Waals surface area (Å²) < 4.78 is 5.67. The van der Waals surface area contributed by atoms with Crippen molar-refractivity contribution in [2.24, 2.45) is 0 Å². The molecule has 0 N–H and O–H groups in total. The molecule has 0 saturated carbocycles. The summed E-state index contributed by atoms with van der Waals surface area (Å²) in [4.78, 5) is 0. The molecule has 0 aliphatic rings. The van der Waals surface area contributed by atoms with Gasteiger partial charge in [0.2, 0.25) is 0 Å². The van der Waals surface area contributed by atoms with E-state index in [9.17, 15) is 0 Å². The minimum absolute atomic E-state index is 1.08. The zero-order valence-corrected chi connectivity index (χ0v) is 8.81. The van der Waals surface area contributed by atoms with Crippen molar-refractivity contribution < 1.29 is 4.42 Å². The van der Waals surface area contributed by atoms with Crippen LogP contribution in [0.4, 0.5) is 0 Å². The summed E-state index contributed by atoms with van der Waals surface area (Å²) in [7, 11) is 0. The third-order valence-electron chi connectivity index (χ3n) is 2.24. The molecule has 0 saturated heterocycles. The van der Waals surface area contributed by atoms with Crippen molar-refractivity contribution in [3.63, 3.8) is 0 Å². The predicted molar refractivity (Wildman–Crippen MR) is 55.9 cm³/mol. The van der Waals surface area contributed by atoms with Crippen LogP contribution in [0.1, 0.15) is 51.1 Å². The second kappa shape index (κ2) is 5.85. The Bertz CT molecular complexity index is 225. The van der Waals surface area contributed by atoms with Crippen molar-refractivity contribution >= 4 is 0 Å². The quantitative estimate of drug-likeness (QED) is 0.604. The highest BCUT2D eigenvalue weighted by Crippen LogP contribution is 2.12. The second-order valence-electron chi connectivity index (χ2n) is 3.58. The highest BCUT2D eigenvalue weighted by molar-refractivity contribution is 5.07. The van der Waals surface area contributed by atoms with Crippen LogP contribution in [0, 0.1) is 0 Å². The maximum atomic E-state index is 5.67. The molecule has 0 aliphatic carbocycles. The fraction of sp³-hybridized carbons (Fsp3) is 0.667. The molecule has 1 heteroatoms. The third-order valence-corrected chi connectivity index (χ3v) is 2.24. The molecule has 0 atom stereocenters. The summed E-state index contributed by atoms with van der Waals surface area (Å²) >= 11 is 0. The Morgan fingerprint density at radius 1 is 0.923 bits per heavy atom. The number of hydrogen-bond donors (Lipinski definition) is 0. The average Bonchev–Trinajstić information content (AvgIpc) is 2.54. The molecule has 0 spiro atoms. The predicted octanol–water partition coefficient (Wildman–Crippen LogP) is 3.96. The van der Waals surface area contributed by atoms with E-state index in [0.717, 1.165) is 24.4 Å². The van der Waals surface area contributed by atoms with Gasteiger partial charge in [-0.05, 0) is 25.0 Å². The van der Waals surface area contributed by atoms with E-state index >= 15 is 0 Å². The molecule has 1 nitrogen and oxygen atoms in total. The Labute approximate surface area is 81.1 Å². The van der Waals surface area contributed by atoms with Gasteiger partial charge in [-0.1, -0.05) is 26.7 Å². The average molecular weight is 180 g/mol. The van der Waals surface area contributed by atoms with Gasteiger partial charge in [0.25, 0.3) is 0 Å². The van der Waals surface area contributed by atoms with Crippen molar-refractivity contribution in [3.8, 4) is 0 Å². The Balaban J connectivity index is 2.31. The Kier molecular flexibility index (Phi) is 4.66. The van der Waals surface area contributed by atoms with Gasteiger partial charge in [-0.2, -0.15) is 0 Å². The lowest BCUT2D eigenvalue weighted by molar-refractivity contribution is 0.454. The van der Waals surface area contributed by atoms with E-state index in [1.165, 1.54) is 25.7 Å². The highest BCUT2D eigenvalue weighted by atomic mass is 16.3. The van der Waals surface area contributed by atoms with Crippen molar-refractivity contribution in [3.05, 3.63) is 23.7 Å². The van der Waals surface area contributed by atoms with Gasteiger partial charge in [-0.3, -0.25) is 0 Å². The zero-order valence-electron chi connectivity index (χ0n) is 8.81. The van der Waals surface area contributed by atoms with Crippen molar-refractivity contribution in [1.29, 1.82) is 0 Å². The van der Waals surface area contributed by atoms with E-state index < -0.39 is 0 Å². The first-order chi connectivity index (χ1) is 6.36. The summed E-state index contributed by atoms with van der Waals surface area (Å²) in [6.07, 6.45) is 7.20. The minimum Gasteiger partial charge on any atom is -0.466 e. The van der Waals surface area contributed by atoms with E-state index in [1.807, 2.05) is 0 Å². The standard InChI is InChI=1S/C12H20O/c1-3-5-6-8-12-10-9-11(13-12)7-4-2/h9-10H,3-8H2,1-2H3. The lowest BCUT2D eigenvalue weighted by atomic mass is 10.2. The number of furan rings is 1. The SMILES string of the molecule is CCCCCc1ccc(CCC)o1. The van der Waals surface area contributed by atoms with E-state index in [1.54, 1.807) is 0 Å². The summed E-state index contributed by atoms with van der Waals surface area (Å²) in [6, 6.07) is 4.24. The third kappa shape index (κ3) is 3.67. The van der Waals surface area contributed by atoms with Gasteiger partial charge in [0.1, 0.15) is 11.5 Å². The van der Waals surface area contributed by atoms with Crippen molar-refractivity contribution in [2.45, 2.75) is 52.4 Å². The van der Waals surface area contributed by atoms with Crippen molar-refractivity contribution in [2.75, 3.05) is 0 Å². The topological polar surface area (TPSA) is 13.1 Å². The fourth-order valence-corrected chi connectivity index (χ4v) is 1.49. The summed E-state index contributed by atoms with van der Waals surface area (Å²) in [5.41, 5.74) is 0. The van der Waals surface area contributed by atoms with E-state index in [4.69, 9.17) is 4.42 Å². The molecule has 0 fully saturated rings. The molecule has 0 bridgehead atoms. The van der Waals surface area contributed by atoms with Crippen molar-refractivity contribution in [1.82, 2.24) is 0 Å². The molecule has 0 aliphatic heterocycles. The van der Waals surface area contributed by atoms with Gasteiger partial charge in [-0.15, -0.1) is 0 Å². The van der Waals surface area contributed by atoms with Crippen LogP contribution in [-0.2, 0) is 12.8 Å². The normalized spacial score (nSPS) is 10.6. The van der Waals surface area contributed by atoms with Crippen LogP contribution >= 0.6 is 0 Å². The van der Waals surface area contributed by atoms with E-state index in [2.05, 4.69) is 26.0 Å². The molecule has 74 valence electrons. The summed E-state index contributed by atoms with van der Waals surface area (Å²) in [6.45, 7) is 4.41. The Hall–Kier alpha value is -0.720. The highest BCUT2D eigenvalue weighted by Gasteiger charge is 2.00. The van der Waals surface area contributed by atoms with Gasteiger partial charge in [0, 0.05) is 12.8 Å². The van der Waals surface area contributed by atoms with Gasteiger partial charge in [-0.25, -0.2) is 0 Å². The van der Waals surface area contributed by atoms with E-state index in [0.29, 0.717) is 0 Å². The van der Waals surface area contributed by atoms with Gasteiger partial charge >= 0.3 is 0 Å². The van der Waals surface area contributed by atoms with Crippen LogP contribution in [0.3, 0.4) is 0 Å². The van der Waals surface area contributed by atoms with Crippen LogP contribution in [0.25, 0.3) is 0 Å².